The summed E-state index contributed by atoms with van der Waals surface area (Å²) in [5.74, 6) is 0.265. The molecular formula is C20H27FIN3O. The lowest BCUT2D eigenvalue weighted by molar-refractivity contribution is 0.181. The van der Waals surface area contributed by atoms with E-state index in [0.29, 0.717) is 19.0 Å². The third kappa shape index (κ3) is 6.57. The minimum atomic E-state index is -0.970. The molecule has 0 aliphatic carbocycles. The van der Waals surface area contributed by atoms with Crippen LogP contribution < -0.4 is 5.32 Å². The van der Waals surface area contributed by atoms with Gasteiger partial charge >= 0.3 is 0 Å². The number of hydrogen-bond donors (Lipinski definition) is 2. The van der Waals surface area contributed by atoms with Crippen LogP contribution in [0.3, 0.4) is 0 Å². The first-order chi connectivity index (χ1) is 12.0. The highest BCUT2D eigenvalue weighted by molar-refractivity contribution is 14.0. The molecule has 2 aromatic rings. The fourth-order valence-corrected chi connectivity index (χ4v) is 2.53. The first kappa shape index (κ1) is 22.4. The summed E-state index contributed by atoms with van der Waals surface area (Å²) in [5, 5.41) is 13.4. The van der Waals surface area contributed by atoms with Crippen LogP contribution in [-0.4, -0.2) is 36.1 Å². The molecule has 1 unspecified atom stereocenters. The predicted molar refractivity (Wildman–Crippen MR) is 115 cm³/mol. The van der Waals surface area contributed by atoms with Gasteiger partial charge in [-0.1, -0.05) is 48.0 Å². The zero-order valence-electron chi connectivity index (χ0n) is 15.4. The van der Waals surface area contributed by atoms with E-state index in [4.69, 9.17) is 0 Å². The summed E-state index contributed by atoms with van der Waals surface area (Å²) in [6.07, 6.45) is -0.970. The second-order valence-electron chi connectivity index (χ2n) is 6.07. The number of rotatable bonds is 6. The normalized spacial score (nSPS) is 12.3. The van der Waals surface area contributed by atoms with E-state index in [1.807, 2.05) is 18.9 Å². The molecule has 0 heterocycles. The number of guanidine groups is 1. The second-order valence-corrected chi connectivity index (χ2v) is 6.07. The summed E-state index contributed by atoms with van der Waals surface area (Å²) in [6, 6.07) is 14.6. The average Bonchev–Trinajstić information content (AvgIpc) is 2.60. The van der Waals surface area contributed by atoms with Gasteiger partial charge in [-0.2, -0.15) is 0 Å². The van der Waals surface area contributed by atoms with Gasteiger partial charge in [-0.15, -0.1) is 24.0 Å². The van der Waals surface area contributed by atoms with E-state index in [2.05, 4.69) is 41.5 Å². The van der Waals surface area contributed by atoms with Crippen molar-refractivity contribution in [3.63, 3.8) is 0 Å². The fourth-order valence-electron chi connectivity index (χ4n) is 2.53. The van der Waals surface area contributed by atoms with Gasteiger partial charge in [-0.25, -0.2) is 4.39 Å². The number of nitrogens with one attached hydrogen (secondary N) is 1. The Kier molecular flexibility index (Phi) is 9.58. The number of halogens is 2. The molecule has 0 aliphatic heterocycles. The Morgan fingerprint density at radius 1 is 1.19 bits per heavy atom. The Labute approximate surface area is 172 Å². The summed E-state index contributed by atoms with van der Waals surface area (Å²) in [4.78, 5) is 6.45. The zero-order chi connectivity index (χ0) is 18.2. The van der Waals surface area contributed by atoms with E-state index < -0.39 is 11.9 Å². The quantitative estimate of drug-likeness (QED) is 0.382. The highest BCUT2D eigenvalue weighted by atomic mass is 127. The number of aliphatic imine (C=N–C) groups is 1. The van der Waals surface area contributed by atoms with E-state index in [1.54, 1.807) is 18.2 Å². The maximum Gasteiger partial charge on any atom is 0.194 e. The zero-order valence-corrected chi connectivity index (χ0v) is 17.8. The molecule has 0 radical (unpaired) electrons. The first-order valence-corrected chi connectivity index (χ1v) is 8.48. The molecule has 2 N–H and O–H groups in total. The van der Waals surface area contributed by atoms with E-state index in [1.165, 1.54) is 17.2 Å². The second kappa shape index (κ2) is 11.1. The molecular weight excluding hydrogens is 444 g/mol. The van der Waals surface area contributed by atoms with Crippen molar-refractivity contribution in [1.82, 2.24) is 10.2 Å². The molecule has 0 fully saturated rings. The van der Waals surface area contributed by atoms with E-state index in [0.717, 1.165) is 0 Å². The Morgan fingerprint density at radius 3 is 2.46 bits per heavy atom. The fraction of sp³-hybridized carbons (Fsp3) is 0.350. The lowest BCUT2D eigenvalue weighted by atomic mass is 10.1. The Morgan fingerprint density at radius 2 is 1.85 bits per heavy atom. The molecule has 0 bridgehead atoms. The number of aliphatic hydroxyl groups is 1. The SMILES string of the molecule is CCNC(=NCC(O)c1ccccc1F)N(C)Cc1ccc(C)cc1.I. The van der Waals surface area contributed by atoms with Crippen LogP contribution in [0.25, 0.3) is 0 Å². The van der Waals surface area contributed by atoms with Crippen LogP contribution >= 0.6 is 24.0 Å². The molecule has 142 valence electrons. The van der Waals surface area contributed by atoms with Crippen molar-refractivity contribution < 1.29 is 9.50 Å². The van der Waals surface area contributed by atoms with Crippen LogP contribution in [0, 0.1) is 12.7 Å². The number of hydrogen-bond acceptors (Lipinski definition) is 2. The first-order valence-electron chi connectivity index (χ1n) is 8.48. The molecule has 2 aromatic carbocycles. The number of aryl methyl sites for hydroxylation is 1. The number of nitrogens with zero attached hydrogens (tertiary/aromatic N) is 2. The van der Waals surface area contributed by atoms with Gasteiger partial charge in [0.2, 0.25) is 0 Å². The third-order valence-corrected chi connectivity index (χ3v) is 3.92. The molecule has 2 rings (SSSR count). The van der Waals surface area contributed by atoms with Gasteiger partial charge in [0.05, 0.1) is 6.54 Å². The van der Waals surface area contributed by atoms with Crippen molar-refractivity contribution >= 4 is 29.9 Å². The topological polar surface area (TPSA) is 47.9 Å². The summed E-state index contributed by atoms with van der Waals surface area (Å²) < 4.78 is 13.8. The molecule has 0 aliphatic rings. The average molecular weight is 471 g/mol. The van der Waals surface area contributed by atoms with Crippen LogP contribution in [0.15, 0.2) is 53.5 Å². The van der Waals surface area contributed by atoms with Crippen LogP contribution in [0.1, 0.15) is 29.7 Å². The van der Waals surface area contributed by atoms with Gasteiger partial charge in [0.15, 0.2) is 5.96 Å². The Bertz CT molecular complexity index is 706. The lowest BCUT2D eigenvalue weighted by Crippen LogP contribution is -2.38. The predicted octanol–water partition coefficient (Wildman–Crippen LogP) is 3.88. The van der Waals surface area contributed by atoms with Crippen molar-refractivity contribution in [1.29, 1.82) is 0 Å². The summed E-state index contributed by atoms with van der Waals surface area (Å²) in [7, 11) is 1.94. The highest BCUT2D eigenvalue weighted by Gasteiger charge is 2.13. The van der Waals surface area contributed by atoms with Gasteiger partial charge in [0.25, 0.3) is 0 Å². The van der Waals surface area contributed by atoms with Gasteiger partial charge in [-0.05, 0) is 25.5 Å². The van der Waals surface area contributed by atoms with Gasteiger partial charge in [0, 0.05) is 25.7 Å². The van der Waals surface area contributed by atoms with Crippen molar-refractivity contribution in [3.05, 3.63) is 71.0 Å². The lowest BCUT2D eigenvalue weighted by Gasteiger charge is -2.23. The van der Waals surface area contributed by atoms with E-state index in [9.17, 15) is 9.50 Å². The Balaban J connectivity index is 0.00000338. The van der Waals surface area contributed by atoms with Crippen molar-refractivity contribution in [3.8, 4) is 0 Å². The maximum atomic E-state index is 13.8. The minimum Gasteiger partial charge on any atom is -0.386 e. The van der Waals surface area contributed by atoms with Crippen LogP contribution in [0.5, 0.6) is 0 Å². The molecule has 0 saturated heterocycles. The Hall–Kier alpha value is -1.67. The van der Waals surface area contributed by atoms with Crippen LogP contribution in [-0.2, 0) is 6.54 Å². The summed E-state index contributed by atoms with van der Waals surface area (Å²) in [5.41, 5.74) is 2.66. The van der Waals surface area contributed by atoms with Gasteiger partial charge < -0.3 is 15.3 Å². The summed E-state index contributed by atoms with van der Waals surface area (Å²) >= 11 is 0. The molecule has 6 heteroatoms. The van der Waals surface area contributed by atoms with Crippen molar-refractivity contribution in [2.45, 2.75) is 26.5 Å². The largest absolute Gasteiger partial charge is 0.386 e. The smallest absolute Gasteiger partial charge is 0.194 e. The number of aliphatic hydroxyl groups excluding tert-OH is 1. The van der Waals surface area contributed by atoms with Gasteiger partial charge in [0.1, 0.15) is 11.9 Å². The van der Waals surface area contributed by atoms with Crippen LogP contribution in [0.4, 0.5) is 4.39 Å². The van der Waals surface area contributed by atoms with Crippen molar-refractivity contribution in [2.24, 2.45) is 4.99 Å². The molecule has 0 amide bonds. The molecule has 0 saturated carbocycles. The maximum absolute atomic E-state index is 13.8. The molecule has 26 heavy (non-hydrogen) atoms. The van der Waals surface area contributed by atoms with E-state index in [-0.39, 0.29) is 36.1 Å². The number of benzene rings is 2. The van der Waals surface area contributed by atoms with Crippen LogP contribution in [0.2, 0.25) is 0 Å². The minimum absolute atomic E-state index is 0. The highest BCUT2D eigenvalue weighted by Crippen LogP contribution is 2.17. The van der Waals surface area contributed by atoms with Crippen molar-refractivity contribution in [2.75, 3.05) is 20.1 Å². The molecule has 1 atom stereocenters. The standard InChI is InChI=1S/C20H26FN3O.HI/c1-4-22-20(24(3)14-16-11-9-15(2)10-12-16)23-13-19(25)17-7-5-6-8-18(17)21;/h5-12,19,25H,4,13-14H2,1-3H3,(H,22,23);1H. The molecule has 4 nitrogen and oxygen atoms in total. The third-order valence-electron chi connectivity index (χ3n) is 3.92. The monoisotopic (exact) mass is 471 g/mol. The summed E-state index contributed by atoms with van der Waals surface area (Å²) in [6.45, 7) is 5.56. The van der Waals surface area contributed by atoms with Gasteiger partial charge in [-0.3, -0.25) is 4.99 Å². The van der Waals surface area contributed by atoms with E-state index >= 15 is 0 Å². The molecule has 0 spiro atoms. The molecule has 0 aromatic heterocycles.